The molecule has 120 valence electrons. The van der Waals surface area contributed by atoms with Crippen molar-refractivity contribution in [3.05, 3.63) is 24.3 Å². The van der Waals surface area contributed by atoms with Gasteiger partial charge in [0.25, 0.3) is 0 Å². The lowest BCUT2D eigenvalue weighted by atomic mass is 10.2. The molecule has 1 aliphatic rings. The topological polar surface area (TPSA) is 55.9 Å². The van der Waals surface area contributed by atoms with E-state index in [9.17, 15) is 9.59 Å². The Morgan fingerprint density at radius 3 is 2.45 bits per heavy atom. The Bertz CT molecular complexity index is 537. The molecule has 1 aromatic rings. The number of carbonyl (C=O) groups is 2. The lowest BCUT2D eigenvalue weighted by Crippen LogP contribution is -2.51. The lowest BCUT2D eigenvalue weighted by molar-refractivity contribution is -0.144. The molecule has 0 bridgehead atoms. The molecule has 22 heavy (non-hydrogen) atoms. The van der Waals surface area contributed by atoms with Gasteiger partial charge in [-0.25, -0.2) is 0 Å². The van der Waals surface area contributed by atoms with Gasteiger partial charge < -0.3 is 20.0 Å². The number of benzene rings is 1. The Kier molecular flexibility index (Phi) is 5.38. The highest BCUT2D eigenvalue weighted by Gasteiger charge is 2.25. The number of nitrogens with one attached hydrogen (secondary N) is 1. The number of rotatable bonds is 3. The smallest absolute Gasteiger partial charge is 0.313 e. The molecule has 6 heteroatoms. The first-order valence-electron chi connectivity index (χ1n) is 7.61. The van der Waals surface area contributed by atoms with Crippen LogP contribution in [0.15, 0.2) is 24.3 Å². The maximum absolute atomic E-state index is 12.2. The summed E-state index contributed by atoms with van der Waals surface area (Å²) in [5.74, 6) is -1.02. The molecule has 2 amide bonds. The van der Waals surface area contributed by atoms with Gasteiger partial charge in [0.2, 0.25) is 0 Å². The fourth-order valence-corrected chi connectivity index (χ4v) is 2.46. The van der Waals surface area contributed by atoms with Crippen molar-refractivity contribution in [2.45, 2.75) is 6.92 Å². The number of piperazine rings is 1. The fourth-order valence-electron chi connectivity index (χ4n) is 2.46. The van der Waals surface area contributed by atoms with Gasteiger partial charge in [-0.15, -0.1) is 0 Å². The quantitative estimate of drug-likeness (QED) is 0.842. The molecule has 1 aromatic carbocycles. The van der Waals surface area contributed by atoms with Crippen LogP contribution in [0.1, 0.15) is 6.92 Å². The van der Waals surface area contributed by atoms with Crippen molar-refractivity contribution in [3.8, 4) is 0 Å². The fraction of sp³-hybridized carbons (Fsp3) is 0.500. The molecule has 1 fully saturated rings. The zero-order valence-corrected chi connectivity index (χ0v) is 13.5. The van der Waals surface area contributed by atoms with Crippen molar-refractivity contribution in [2.75, 3.05) is 57.0 Å². The van der Waals surface area contributed by atoms with E-state index in [2.05, 4.69) is 17.1 Å². The molecule has 0 aromatic heterocycles. The van der Waals surface area contributed by atoms with Crippen molar-refractivity contribution in [1.82, 2.24) is 9.80 Å². The second kappa shape index (κ2) is 7.26. The Morgan fingerprint density at radius 2 is 1.86 bits per heavy atom. The molecule has 0 radical (unpaired) electrons. The average molecular weight is 304 g/mol. The molecule has 0 atom stereocenters. The van der Waals surface area contributed by atoms with E-state index >= 15 is 0 Å². The van der Waals surface area contributed by atoms with E-state index in [1.807, 2.05) is 37.2 Å². The minimum atomic E-state index is -0.569. The van der Waals surface area contributed by atoms with Crippen LogP contribution in [0.5, 0.6) is 0 Å². The SMILES string of the molecule is CCN1CCN(C(=O)C(=O)Nc2cccc(N(C)C)c2)CC1. The average Bonchev–Trinajstić information content (AvgIpc) is 2.54. The molecular weight excluding hydrogens is 280 g/mol. The summed E-state index contributed by atoms with van der Waals surface area (Å²) in [4.78, 5) is 30.1. The molecule has 6 nitrogen and oxygen atoms in total. The first kappa shape index (κ1) is 16.3. The van der Waals surface area contributed by atoms with Crippen LogP contribution in [-0.4, -0.2) is 68.4 Å². The summed E-state index contributed by atoms with van der Waals surface area (Å²) >= 11 is 0. The van der Waals surface area contributed by atoms with E-state index in [-0.39, 0.29) is 0 Å². The van der Waals surface area contributed by atoms with Crippen LogP contribution in [0.2, 0.25) is 0 Å². The maximum Gasteiger partial charge on any atom is 0.313 e. The van der Waals surface area contributed by atoms with Crippen LogP contribution in [0.4, 0.5) is 11.4 Å². The normalized spacial score (nSPS) is 15.5. The van der Waals surface area contributed by atoms with Crippen LogP contribution >= 0.6 is 0 Å². The summed E-state index contributed by atoms with van der Waals surface area (Å²) in [5.41, 5.74) is 1.61. The van der Waals surface area contributed by atoms with Crippen molar-refractivity contribution in [1.29, 1.82) is 0 Å². The predicted octanol–water partition coefficient (Wildman–Crippen LogP) is 0.855. The monoisotopic (exact) mass is 304 g/mol. The van der Waals surface area contributed by atoms with E-state index in [1.165, 1.54) is 0 Å². The highest BCUT2D eigenvalue weighted by molar-refractivity contribution is 6.39. The zero-order valence-electron chi connectivity index (χ0n) is 13.5. The first-order chi connectivity index (χ1) is 10.5. The highest BCUT2D eigenvalue weighted by atomic mass is 16.2. The van der Waals surface area contributed by atoms with Gasteiger partial charge in [0.1, 0.15) is 0 Å². The third-order valence-corrected chi connectivity index (χ3v) is 3.92. The molecule has 1 aliphatic heterocycles. The Hall–Kier alpha value is -2.08. The largest absolute Gasteiger partial charge is 0.378 e. The molecule has 1 saturated heterocycles. The van der Waals surface area contributed by atoms with E-state index in [0.29, 0.717) is 18.8 Å². The van der Waals surface area contributed by atoms with E-state index in [4.69, 9.17) is 0 Å². The predicted molar refractivity (Wildman–Crippen MR) is 88.1 cm³/mol. The zero-order chi connectivity index (χ0) is 16.1. The summed E-state index contributed by atoms with van der Waals surface area (Å²) in [6.45, 7) is 5.94. The second-order valence-corrected chi connectivity index (χ2v) is 5.63. The third-order valence-electron chi connectivity index (χ3n) is 3.92. The summed E-state index contributed by atoms with van der Waals surface area (Å²) in [6.07, 6.45) is 0. The van der Waals surface area contributed by atoms with Gasteiger partial charge in [-0.2, -0.15) is 0 Å². The van der Waals surface area contributed by atoms with Gasteiger partial charge in [-0.1, -0.05) is 13.0 Å². The maximum atomic E-state index is 12.2. The Labute approximate surface area is 131 Å². The summed E-state index contributed by atoms with van der Waals surface area (Å²) in [6, 6.07) is 7.43. The molecular formula is C16H24N4O2. The molecule has 2 rings (SSSR count). The number of anilines is 2. The van der Waals surface area contributed by atoms with Crippen molar-refractivity contribution < 1.29 is 9.59 Å². The van der Waals surface area contributed by atoms with E-state index in [1.54, 1.807) is 11.0 Å². The molecule has 0 saturated carbocycles. The van der Waals surface area contributed by atoms with Crippen molar-refractivity contribution >= 4 is 23.2 Å². The number of likely N-dealkylation sites (N-methyl/N-ethyl adjacent to an activating group) is 1. The van der Waals surface area contributed by atoms with Crippen molar-refractivity contribution in [3.63, 3.8) is 0 Å². The van der Waals surface area contributed by atoms with Gasteiger partial charge in [0.05, 0.1) is 0 Å². The number of amides is 2. The minimum absolute atomic E-state index is 0.453. The van der Waals surface area contributed by atoms with Gasteiger partial charge >= 0.3 is 11.8 Å². The molecule has 1 N–H and O–H groups in total. The molecule has 0 spiro atoms. The first-order valence-corrected chi connectivity index (χ1v) is 7.61. The summed E-state index contributed by atoms with van der Waals surface area (Å²) < 4.78 is 0. The Balaban J connectivity index is 1.94. The van der Waals surface area contributed by atoms with Crippen LogP contribution in [0.25, 0.3) is 0 Å². The minimum Gasteiger partial charge on any atom is -0.378 e. The van der Waals surface area contributed by atoms with Crippen LogP contribution in [0, 0.1) is 0 Å². The molecule has 0 aliphatic carbocycles. The number of carbonyl (C=O) groups excluding carboxylic acids is 2. The van der Waals surface area contributed by atoms with Gasteiger partial charge in [-0.3, -0.25) is 9.59 Å². The number of hydrogen-bond acceptors (Lipinski definition) is 4. The lowest BCUT2D eigenvalue weighted by Gasteiger charge is -2.33. The Morgan fingerprint density at radius 1 is 1.18 bits per heavy atom. The van der Waals surface area contributed by atoms with E-state index < -0.39 is 11.8 Å². The van der Waals surface area contributed by atoms with Crippen LogP contribution in [0.3, 0.4) is 0 Å². The third kappa shape index (κ3) is 3.98. The highest BCUT2D eigenvalue weighted by Crippen LogP contribution is 2.17. The second-order valence-electron chi connectivity index (χ2n) is 5.63. The van der Waals surface area contributed by atoms with Gasteiger partial charge in [0.15, 0.2) is 0 Å². The number of hydrogen-bond donors (Lipinski definition) is 1. The molecule has 1 heterocycles. The van der Waals surface area contributed by atoms with Gasteiger partial charge in [0, 0.05) is 51.6 Å². The van der Waals surface area contributed by atoms with Crippen LogP contribution < -0.4 is 10.2 Å². The van der Waals surface area contributed by atoms with E-state index in [0.717, 1.165) is 25.3 Å². The summed E-state index contributed by atoms with van der Waals surface area (Å²) in [5, 5.41) is 2.69. The van der Waals surface area contributed by atoms with Crippen molar-refractivity contribution in [2.24, 2.45) is 0 Å². The molecule has 0 unspecified atom stereocenters. The number of nitrogens with zero attached hydrogens (tertiary/aromatic N) is 3. The standard InChI is InChI=1S/C16H24N4O2/c1-4-19-8-10-20(11-9-19)16(22)15(21)17-13-6-5-7-14(12-13)18(2)3/h5-7,12H,4,8-11H2,1-3H3,(H,17,21). The van der Waals surface area contributed by atoms with Crippen LogP contribution in [-0.2, 0) is 9.59 Å². The van der Waals surface area contributed by atoms with Gasteiger partial charge in [-0.05, 0) is 24.7 Å². The summed E-state index contributed by atoms with van der Waals surface area (Å²) in [7, 11) is 3.86.